The Bertz CT molecular complexity index is 840. The van der Waals surface area contributed by atoms with Crippen molar-refractivity contribution in [3.8, 4) is 5.75 Å². The molecule has 2 aromatic rings. The molecular weight excluding hydrogens is 399 g/mol. The highest BCUT2D eigenvalue weighted by Crippen LogP contribution is 2.18. The number of nitrogens with one attached hydrogen (secondary N) is 1. The minimum Gasteiger partial charge on any atom is -0.493 e. The number of nitrogens with zero attached hydrogens (tertiary/aromatic N) is 3. The number of urea groups is 1. The Balaban J connectivity index is 1.68. The second-order valence-electron chi connectivity index (χ2n) is 8.69. The van der Waals surface area contributed by atoms with E-state index in [2.05, 4.69) is 24.1 Å². The number of piperidine rings is 1. The van der Waals surface area contributed by atoms with Gasteiger partial charge in [-0.25, -0.2) is 14.2 Å². The number of carbonyl (C=O) groups excluding carboxylic acids is 1. The summed E-state index contributed by atoms with van der Waals surface area (Å²) >= 11 is 0. The first kappa shape index (κ1) is 23.1. The van der Waals surface area contributed by atoms with Crippen LogP contribution in [0.1, 0.15) is 37.4 Å². The third-order valence-corrected chi connectivity index (χ3v) is 5.24. The minimum absolute atomic E-state index is 0.276. The second-order valence-corrected chi connectivity index (χ2v) is 8.69. The average molecular weight is 433 g/mol. The number of hydrogen-bond donors (Lipinski definition) is 1. The van der Waals surface area contributed by atoms with Crippen molar-refractivity contribution in [2.45, 2.75) is 52.5 Å². The summed E-state index contributed by atoms with van der Waals surface area (Å²) in [4.78, 5) is 20.9. The minimum atomic E-state index is -1.09. The number of ether oxygens (including phenoxy) is 1. The lowest BCUT2D eigenvalue weighted by molar-refractivity contribution is 0.117. The van der Waals surface area contributed by atoms with Crippen LogP contribution in [0.5, 0.6) is 5.75 Å². The van der Waals surface area contributed by atoms with E-state index in [0.717, 1.165) is 17.9 Å². The SMILES string of the molecule is Cc1nc(CN(Cc2ccc(OCC(C)C)cc2)C(=O)N[C@H]2CCN(C)C[C@H]2F)co1. The summed E-state index contributed by atoms with van der Waals surface area (Å²) in [6.07, 6.45) is 1.05. The summed E-state index contributed by atoms with van der Waals surface area (Å²) in [5.41, 5.74) is 1.61. The summed E-state index contributed by atoms with van der Waals surface area (Å²) in [5, 5.41) is 2.88. The topological polar surface area (TPSA) is 70.8 Å². The van der Waals surface area contributed by atoms with Crippen molar-refractivity contribution in [2.75, 3.05) is 26.7 Å². The van der Waals surface area contributed by atoms with Crippen LogP contribution in [-0.2, 0) is 13.1 Å². The van der Waals surface area contributed by atoms with Crippen LogP contribution >= 0.6 is 0 Å². The lowest BCUT2D eigenvalue weighted by Crippen LogP contribution is -2.54. The summed E-state index contributed by atoms with van der Waals surface area (Å²) in [6.45, 7) is 8.34. The Labute approximate surface area is 183 Å². The van der Waals surface area contributed by atoms with Crippen LogP contribution in [0.15, 0.2) is 34.9 Å². The lowest BCUT2D eigenvalue weighted by Gasteiger charge is -2.34. The van der Waals surface area contributed by atoms with Gasteiger partial charge < -0.3 is 24.3 Å². The molecule has 3 rings (SSSR count). The molecule has 0 saturated carbocycles. The zero-order valence-corrected chi connectivity index (χ0v) is 18.8. The molecule has 0 unspecified atom stereocenters. The Kier molecular flexibility index (Phi) is 7.90. The summed E-state index contributed by atoms with van der Waals surface area (Å²) in [7, 11) is 1.89. The molecule has 8 heteroatoms. The molecule has 2 amide bonds. The highest BCUT2D eigenvalue weighted by Gasteiger charge is 2.30. The molecule has 1 fully saturated rings. The van der Waals surface area contributed by atoms with E-state index in [9.17, 15) is 9.18 Å². The number of hydrogen-bond acceptors (Lipinski definition) is 5. The Morgan fingerprint density at radius 1 is 1.35 bits per heavy atom. The van der Waals surface area contributed by atoms with Crippen LogP contribution in [0.4, 0.5) is 9.18 Å². The molecule has 0 spiro atoms. The van der Waals surface area contributed by atoms with Gasteiger partial charge in [-0.1, -0.05) is 26.0 Å². The fourth-order valence-corrected chi connectivity index (χ4v) is 3.52. The van der Waals surface area contributed by atoms with E-state index >= 15 is 0 Å². The van der Waals surface area contributed by atoms with E-state index in [1.807, 2.05) is 36.2 Å². The molecule has 1 aromatic carbocycles. The van der Waals surface area contributed by atoms with Crippen LogP contribution in [0.2, 0.25) is 0 Å². The molecule has 1 aliphatic rings. The van der Waals surface area contributed by atoms with Gasteiger partial charge in [0.15, 0.2) is 5.89 Å². The predicted octanol–water partition coefficient (Wildman–Crippen LogP) is 3.77. The predicted molar refractivity (Wildman–Crippen MR) is 117 cm³/mol. The summed E-state index contributed by atoms with van der Waals surface area (Å²) < 4.78 is 25.5. The standard InChI is InChI=1S/C23H33FN4O3/c1-16(2)14-31-20-7-5-18(6-8-20)11-28(12-19-15-30-17(3)25-19)23(29)26-22-9-10-27(4)13-21(22)24/h5-8,15-16,21-22H,9-14H2,1-4H3,(H,26,29)/t21-,22+/m1/s1. The summed E-state index contributed by atoms with van der Waals surface area (Å²) in [5.74, 6) is 1.79. The van der Waals surface area contributed by atoms with Crippen LogP contribution < -0.4 is 10.1 Å². The molecule has 1 aliphatic heterocycles. The molecule has 31 heavy (non-hydrogen) atoms. The molecule has 1 N–H and O–H groups in total. The molecule has 2 heterocycles. The van der Waals surface area contributed by atoms with Gasteiger partial charge in [0.2, 0.25) is 0 Å². The zero-order valence-electron chi connectivity index (χ0n) is 18.8. The van der Waals surface area contributed by atoms with Gasteiger partial charge in [-0.15, -0.1) is 0 Å². The van der Waals surface area contributed by atoms with E-state index in [1.165, 1.54) is 0 Å². The van der Waals surface area contributed by atoms with Gasteiger partial charge in [-0.3, -0.25) is 0 Å². The molecule has 170 valence electrons. The zero-order chi connectivity index (χ0) is 22.4. The lowest BCUT2D eigenvalue weighted by atomic mass is 10.0. The second kappa shape index (κ2) is 10.6. The monoisotopic (exact) mass is 432 g/mol. The fraction of sp³-hybridized carbons (Fsp3) is 0.565. The van der Waals surface area contributed by atoms with Gasteiger partial charge in [0, 0.05) is 26.6 Å². The van der Waals surface area contributed by atoms with E-state index in [0.29, 0.717) is 43.6 Å². The molecule has 0 aliphatic carbocycles. The number of carbonyl (C=O) groups is 1. The van der Waals surface area contributed by atoms with Gasteiger partial charge in [-0.2, -0.15) is 0 Å². The van der Waals surface area contributed by atoms with Crippen LogP contribution in [0, 0.1) is 12.8 Å². The van der Waals surface area contributed by atoms with E-state index < -0.39 is 12.2 Å². The smallest absolute Gasteiger partial charge is 0.318 e. The van der Waals surface area contributed by atoms with Crippen molar-refractivity contribution in [3.05, 3.63) is 47.7 Å². The van der Waals surface area contributed by atoms with Crippen LogP contribution in [0.3, 0.4) is 0 Å². The maximum absolute atomic E-state index is 14.4. The van der Waals surface area contributed by atoms with Crippen molar-refractivity contribution in [2.24, 2.45) is 5.92 Å². The molecule has 1 aromatic heterocycles. The highest BCUT2D eigenvalue weighted by atomic mass is 19.1. The van der Waals surface area contributed by atoms with Gasteiger partial charge >= 0.3 is 6.03 Å². The van der Waals surface area contributed by atoms with Crippen molar-refractivity contribution in [3.63, 3.8) is 0 Å². The fourth-order valence-electron chi connectivity index (χ4n) is 3.52. The van der Waals surface area contributed by atoms with Crippen molar-refractivity contribution >= 4 is 6.03 Å². The number of amides is 2. The maximum atomic E-state index is 14.4. The largest absolute Gasteiger partial charge is 0.493 e. The average Bonchev–Trinajstić information content (AvgIpc) is 3.13. The van der Waals surface area contributed by atoms with Gasteiger partial charge in [0.05, 0.1) is 24.9 Å². The quantitative estimate of drug-likeness (QED) is 0.688. The Morgan fingerprint density at radius 2 is 2.10 bits per heavy atom. The van der Waals surface area contributed by atoms with Crippen molar-refractivity contribution in [1.82, 2.24) is 20.1 Å². The molecule has 7 nitrogen and oxygen atoms in total. The summed E-state index contributed by atoms with van der Waals surface area (Å²) in [6, 6.07) is 6.90. The molecule has 2 atom stereocenters. The molecule has 0 bridgehead atoms. The van der Waals surface area contributed by atoms with E-state index in [4.69, 9.17) is 9.15 Å². The maximum Gasteiger partial charge on any atom is 0.318 e. The van der Waals surface area contributed by atoms with Gasteiger partial charge in [0.1, 0.15) is 18.2 Å². The molecule has 0 radical (unpaired) electrons. The van der Waals surface area contributed by atoms with Crippen molar-refractivity contribution in [1.29, 1.82) is 0 Å². The molecular formula is C23H33FN4O3. The number of aryl methyl sites for hydroxylation is 1. The number of likely N-dealkylation sites (tertiary alicyclic amines) is 1. The van der Waals surface area contributed by atoms with Crippen molar-refractivity contribution < 1.29 is 18.3 Å². The third-order valence-electron chi connectivity index (χ3n) is 5.24. The third kappa shape index (κ3) is 6.95. The number of aromatic nitrogens is 1. The van der Waals surface area contributed by atoms with E-state index in [-0.39, 0.29) is 12.6 Å². The van der Waals surface area contributed by atoms with Crippen LogP contribution in [-0.4, -0.2) is 59.8 Å². The number of benzene rings is 1. The van der Waals surface area contributed by atoms with E-state index in [1.54, 1.807) is 18.1 Å². The first-order valence-electron chi connectivity index (χ1n) is 10.8. The highest BCUT2D eigenvalue weighted by molar-refractivity contribution is 5.74. The first-order valence-corrected chi connectivity index (χ1v) is 10.8. The van der Waals surface area contributed by atoms with Gasteiger partial charge in [-0.05, 0) is 37.1 Å². The number of rotatable bonds is 8. The number of oxazole rings is 1. The first-order chi connectivity index (χ1) is 14.8. The Morgan fingerprint density at radius 3 is 2.71 bits per heavy atom. The number of halogens is 1. The normalized spacial score (nSPS) is 19.4. The van der Waals surface area contributed by atoms with Gasteiger partial charge in [0.25, 0.3) is 0 Å². The van der Waals surface area contributed by atoms with Crippen LogP contribution in [0.25, 0.3) is 0 Å². The number of alkyl halides is 1. The Hall–Kier alpha value is -2.61. The molecule has 1 saturated heterocycles.